The van der Waals surface area contributed by atoms with Crippen molar-refractivity contribution in [3.8, 4) is 0 Å². The van der Waals surface area contributed by atoms with E-state index in [4.69, 9.17) is 4.74 Å². The molecule has 5 nitrogen and oxygen atoms in total. The average molecular weight is 208 g/mol. The minimum absolute atomic E-state index is 0.395. The first kappa shape index (κ1) is 10.1. The molecule has 13 heavy (non-hydrogen) atoms. The zero-order valence-corrected chi connectivity index (χ0v) is 7.79. The molecule has 0 radical (unpaired) electrons. The Kier molecular flexibility index (Phi) is 2.99. The summed E-state index contributed by atoms with van der Waals surface area (Å²) in [6, 6.07) is 0. The van der Waals surface area contributed by atoms with Crippen LogP contribution in [0, 0.1) is 0 Å². The highest BCUT2D eigenvalue weighted by atomic mass is 32.3. The Bertz CT molecular complexity index is 373. The predicted octanol–water partition coefficient (Wildman–Crippen LogP) is 0.188. The second-order valence-electron chi connectivity index (χ2n) is 2.37. The summed E-state index contributed by atoms with van der Waals surface area (Å²) in [4.78, 5) is -0.427. The lowest BCUT2D eigenvalue weighted by molar-refractivity contribution is 0.183. The van der Waals surface area contributed by atoms with Crippen LogP contribution < -0.4 is 0 Å². The molecule has 7 heteroatoms. The molecule has 0 saturated heterocycles. The zero-order valence-electron chi connectivity index (χ0n) is 6.97. The van der Waals surface area contributed by atoms with Gasteiger partial charge in [-0.25, -0.2) is 0 Å². The van der Waals surface area contributed by atoms with Crippen molar-refractivity contribution in [2.75, 3.05) is 13.7 Å². The summed E-state index contributed by atoms with van der Waals surface area (Å²) < 4.78 is 39.1. The Balaban J connectivity index is 2.76. The topological polar surface area (TPSA) is 61.2 Å². The van der Waals surface area contributed by atoms with Crippen LogP contribution in [0.2, 0.25) is 0 Å². The van der Waals surface area contributed by atoms with E-state index in [0.29, 0.717) is 13.2 Å². The summed E-state index contributed by atoms with van der Waals surface area (Å²) in [7, 11) is -3.12. The van der Waals surface area contributed by atoms with Crippen LogP contribution in [0.15, 0.2) is 17.3 Å². The molecule has 1 aromatic rings. The minimum atomic E-state index is -4.63. The van der Waals surface area contributed by atoms with Crippen LogP contribution >= 0.6 is 0 Å². The Labute approximate surface area is 75.3 Å². The van der Waals surface area contributed by atoms with E-state index in [-0.39, 0.29) is 0 Å². The second-order valence-corrected chi connectivity index (χ2v) is 3.72. The first-order valence-electron chi connectivity index (χ1n) is 3.50. The third-order valence-corrected chi connectivity index (χ3v) is 2.19. The molecule has 0 bridgehead atoms. The summed E-state index contributed by atoms with van der Waals surface area (Å²) in [5.74, 6) is 0. The molecule has 1 aromatic heterocycles. The molecule has 0 aliphatic heterocycles. The zero-order chi connectivity index (χ0) is 9.90. The lowest BCUT2D eigenvalue weighted by Crippen LogP contribution is -2.04. The van der Waals surface area contributed by atoms with Crippen molar-refractivity contribution in [2.24, 2.45) is 0 Å². The van der Waals surface area contributed by atoms with E-state index in [9.17, 15) is 12.3 Å². The van der Waals surface area contributed by atoms with E-state index in [2.05, 4.69) is 5.10 Å². The Hall–Kier alpha value is -0.950. The maximum absolute atomic E-state index is 12.3. The smallest absolute Gasteiger partial charge is 0.335 e. The molecule has 0 amide bonds. The standard InChI is InChI=1S/C6H9FN2O3S/c1-12-3-2-9-5-6(4-8-9)13(7,10)11/h4-5H,2-3H2,1H3. The molecule has 0 fully saturated rings. The fourth-order valence-electron chi connectivity index (χ4n) is 0.778. The number of ether oxygens (including phenoxy) is 1. The number of hydrogen-bond acceptors (Lipinski definition) is 4. The number of methoxy groups -OCH3 is 1. The number of rotatable bonds is 4. The molecule has 0 saturated carbocycles. The fraction of sp³-hybridized carbons (Fsp3) is 0.500. The molecule has 0 aliphatic carbocycles. The van der Waals surface area contributed by atoms with Gasteiger partial charge in [-0.2, -0.15) is 13.5 Å². The van der Waals surface area contributed by atoms with Gasteiger partial charge in [0.05, 0.1) is 19.3 Å². The van der Waals surface area contributed by atoms with Crippen molar-refractivity contribution < 1.29 is 17.0 Å². The molecule has 0 spiro atoms. The van der Waals surface area contributed by atoms with Crippen LogP contribution in [0.4, 0.5) is 3.89 Å². The molecule has 0 N–H and O–H groups in total. The van der Waals surface area contributed by atoms with Gasteiger partial charge in [0.25, 0.3) is 0 Å². The van der Waals surface area contributed by atoms with Gasteiger partial charge < -0.3 is 4.74 Å². The largest absolute Gasteiger partial charge is 0.383 e. The normalized spacial score (nSPS) is 11.8. The van der Waals surface area contributed by atoms with Gasteiger partial charge in [-0.15, -0.1) is 3.89 Å². The van der Waals surface area contributed by atoms with Gasteiger partial charge in [0.15, 0.2) is 0 Å². The van der Waals surface area contributed by atoms with E-state index in [1.54, 1.807) is 0 Å². The van der Waals surface area contributed by atoms with E-state index in [1.807, 2.05) is 0 Å². The van der Waals surface area contributed by atoms with Crippen LogP contribution in [-0.2, 0) is 21.5 Å². The molecular weight excluding hydrogens is 199 g/mol. The quantitative estimate of drug-likeness (QED) is 0.662. The summed E-state index contributed by atoms with van der Waals surface area (Å²) in [5.41, 5.74) is 0. The lowest BCUT2D eigenvalue weighted by Gasteiger charge is -1.97. The van der Waals surface area contributed by atoms with Gasteiger partial charge in [0.1, 0.15) is 4.90 Å². The molecular formula is C6H9FN2O3S. The number of halogens is 1. The van der Waals surface area contributed by atoms with Crippen LogP contribution in [0.5, 0.6) is 0 Å². The third-order valence-electron chi connectivity index (χ3n) is 1.42. The van der Waals surface area contributed by atoms with Crippen molar-refractivity contribution in [3.05, 3.63) is 12.4 Å². The van der Waals surface area contributed by atoms with E-state index < -0.39 is 15.1 Å². The van der Waals surface area contributed by atoms with Gasteiger partial charge in [-0.1, -0.05) is 0 Å². The Morgan fingerprint density at radius 1 is 1.69 bits per heavy atom. The second kappa shape index (κ2) is 3.84. The molecule has 0 unspecified atom stereocenters. The molecule has 0 atom stereocenters. The first-order valence-corrected chi connectivity index (χ1v) is 4.88. The van der Waals surface area contributed by atoms with Crippen molar-refractivity contribution >= 4 is 10.2 Å². The van der Waals surface area contributed by atoms with Crippen molar-refractivity contribution in [1.29, 1.82) is 0 Å². The summed E-state index contributed by atoms with van der Waals surface area (Å²) >= 11 is 0. The van der Waals surface area contributed by atoms with E-state index in [0.717, 1.165) is 12.4 Å². The van der Waals surface area contributed by atoms with Crippen molar-refractivity contribution in [2.45, 2.75) is 11.4 Å². The van der Waals surface area contributed by atoms with Crippen molar-refractivity contribution in [1.82, 2.24) is 9.78 Å². The SMILES string of the molecule is COCCn1cc(S(=O)(=O)F)cn1. The van der Waals surface area contributed by atoms with Gasteiger partial charge in [-0.05, 0) is 0 Å². The molecule has 0 aliphatic rings. The number of nitrogens with zero attached hydrogens (tertiary/aromatic N) is 2. The Morgan fingerprint density at radius 3 is 2.85 bits per heavy atom. The predicted molar refractivity (Wildman–Crippen MR) is 42.4 cm³/mol. The minimum Gasteiger partial charge on any atom is -0.383 e. The maximum atomic E-state index is 12.3. The van der Waals surface area contributed by atoms with Crippen LogP contribution in [-0.4, -0.2) is 31.9 Å². The van der Waals surface area contributed by atoms with E-state index in [1.165, 1.54) is 11.8 Å². The van der Waals surface area contributed by atoms with Crippen molar-refractivity contribution in [3.63, 3.8) is 0 Å². The maximum Gasteiger partial charge on any atom is 0.335 e. The number of hydrogen-bond donors (Lipinski definition) is 0. The van der Waals surface area contributed by atoms with E-state index >= 15 is 0 Å². The average Bonchev–Trinajstić information content (AvgIpc) is 2.47. The highest BCUT2D eigenvalue weighted by molar-refractivity contribution is 7.86. The third kappa shape index (κ3) is 2.78. The van der Waals surface area contributed by atoms with Crippen LogP contribution in [0.25, 0.3) is 0 Å². The Morgan fingerprint density at radius 2 is 2.38 bits per heavy atom. The monoisotopic (exact) mass is 208 g/mol. The van der Waals surface area contributed by atoms with Gasteiger partial charge in [0.2, 0.25) is 0 Å². The molecule has 74 valence electrons. The summed E-state index contributed by atoms with van der Waals surface area (Å²) in [6.45, 7) is 0.791. The molecule has 0 aromatic carbocycles. The summed E-state index contributed by atoms with van der Waals surface area (Å²) in [5, 5.41) is 3.64. The van der Waals surface area contributed by atoms with Crippen LogP contribution in [0.3, 0.4) is 0 Å². The summed E-state index contributed by atoms with van der Waals surface area (Å²) in [6.07, 6.45) is 2.08. The first-order chi connectivity index (χ1) is 6.04. The highest BCUT2D eigenvalue weighted by Crippen LogP contribution is 2.09. The van der Waals surface area contributed by atoms with Gasteiger partial charge >= 0.3 is 10.2 Å². The highest BCUT2D eigenvalue weighted by Gasteiger charge is 2.13. The molecule has 1 heterocycles. The van der Waals surface area contributed by atoms with Gasteiger partial charge in [0, 0.05) is 13.3 Å². The van der Waals surface area contributed by atoms with Crippen LogP contribution in [0.1, 0.15) is 0 Å². The lowest BCUT2D eigenvalue weighted by atomic mass is 10.7. The fourth-order valence-corrected chi connectivity index (χ4v) is 1.20. The molecule has 1 rings (SSSR count). The number of aromatic nitrogens is 2. The van der Waals surface area contributed by atoms with Gasteiger partial charge in [-0.3, -0.25) is 4.68 Å².